The van der Waals surface area contributed by atoms with Crippen molar-refractivity contribution in [2.75, 3.05) is 24.1 Å². The number of nitrogen functional groups attached to an aromatic ring is 1. The van der Waals surface area contributed by atoms with E-state index in [1.54, 1.807) is 6.07 Å². The number of nitrogens with one attached hydrogen (secondary N) is 1. The molecule has 0 radical (unpaired) electrons. The van der Waals surface area contributed by atoms with Crippen molar-refractivity contribution < 1.29 is 0 Å². The SMILES string of the molecule is NCCCCCCNc1ccc2ccc(N)nc2n1. The second kappa shape index (κ2) is 6.89. The molecule has 0 aromatic carbocycles. The highest BCUT2D eigenvalue weighted by Crippen LogP contribution is 2.14. The van der Waals surface area contributed by atoms with E-state index in [4.69, 9.17) is 11.5 Å². The maximum atomic E-state index is 5.66. The van der Waals surface area contributed by atoms with Gasteiger partial charge in [0.05, 0.1) is 0 Å². The summed E-state index contributed by atoms with van der Waals surface area (Å²) >= 11 is 0. The van der Waals surface area contributed by atoms with E-state index in [1.807, 2.05) is 18.2 Å². The molecule has 102 valence electrons. The predicted octanol–water partition coefficient (Wildman–Crippen LogP) is 2.14. The average molecular weight is 259 g/mol. The van der Waals surface area contributed by atoms with Crippen LogP contribution in [0.2, 0.25) is 0 Å². The average Bonchev–Trinajstić information content (AvgIpc) is 2.42. The topological polar surface area (TPSA) is 89.8 Å². The van der Waals surface area contributed by atoms with Crippen LogP contribution in [-0.2, 0) is 0 Å². The Morgan fingerprint density at radius 1 is 0.947 bits per heavy atom. The molecule has 0 unspecified atom stereocenters. The number of pyridine rings is 2. The van der Waals surface area contributed by atoms with Crippen molar-refractivity contribution in [2.45, 2.75) is 25.7 Å². The summed E-state index contributed by atoms with van der Waals surface area (Å²) in [6.07, 6.45) is 4.63. The summed E-state index contributed by atoms with van der Waals surface area (Å²) in [6.45, 7) is 1.71. The molecule has 0 atom stereocenters. The number of fused-ring (bicyclic) bond motifs is 1. The van der Waals surface area contributed by atoms with Gasteiger partial charge in [-0.05, 0) is 43.7 Å². The van der Waals surface area contributed by atoms with E-state index in [2.05, 4.69) is 15.3 Å². The standard InChI is InChI=1S/C14H21N5/c15-9-3-1-2-4-10-17-13-8-6-11-5-7-12(16)18-14(11)19-13/h5-8H,1-4,9-10,15H2,(H3,16,17,18,19). The van der Waals surface area contributed by atoms with E-state index in [-0.39, 0.29) is 0 Å². The number of anilines is 2. The number of aromatic nitrogens is 2. The maximum Gasteiger partial charge on any atom is 0.163 e. The van der Waals surface area contributed by atoms with Gasteiger partial charge in [-0.25, -0.2) is 9.97 Å². The summed E-state index contributed by atoms with van der Waals surface area (Å²) in [5.41, 5.74) is 11.8. The minimum atomic E-state index is 0.499. The van der Waals surface area contributed by atoms with Crippen LogP contribution in [0, 0.1) is 0 Å². The van der Waals surface area contributed by atoms with Gasteiger partial charge < -0.3 is 16.8 Å². The van der Waals surface area contributed by atoms with Crippen LogP contribution in [0.15, 0.2) is 24.3 Å². The number of rotatable bonds is 7. The van der Waals surface area contributed by atoms with Gasteiger partial charge in [-0.15, -0.1) is 0 Å². The first-order valence-electron chi connectivity index (χ1n) is 6.77. The van der Waals surface area contributed by atoms with Gasteiger partial charge in [0.25, 0.3) is 0 Å². The summed E-state index contributed by atoms with van der Waals surface area (Å²) in [5, 5.41) is 4.31. The zero-order valence-electron chi connectivity index (χ0n) is 11.1. The number of nitrogens with two attached hydrogens (primary N) is 2. The fraction of sp³-hybridized carbons (Fsp3) is 0.429. The van der Waals surface area contributed by atoms with Gasteiger partial charge in [-0.2, -0.15) is 0 Å². The molecule has 0 saturated carbocycles. The lowest BCUT2D eigenvalue weighted by Crippen LogP contribution is -2.04. The molecule has 0 fully saturated rings. The van der Waals surface area contributed by atoms with E-state index in [9.17, 15) is 0 Å². The third kappa shape index (κ3) is 4.06. The maximum absolute atomic E-state index is 5.66. The van der Waals surface area contributed by atoms with E-state index in [1.165, 1.54) is 12.8 Å². The highest BCUT2D eigenvalue weighted by Gasteiger charge is 1.99. The molecule has 19 heavy (non-hydrogen) atoms. The third-order valence-electron chi connectivity index (χ3n) is 3.01. The molecule has 5 heteroatoms. The van der Waals surface area contributed by atoms with E-state index < -0.39 is 0 Å². The molecular formula is C14H21N5. The smallest absolute Gasteiger partial charge is 0.163 e. The largest absolute Gasteiger partial charge is 0.384 e. The van der Waals surface area contributed by atoms with Gasteiger partial charge in [0.15, 0.2) is 5.65 Å². The molecule has 2 heterocycles. The zero-order valence-corrected chi connectivity index (χ0v) is 11.1. The first-order chi connectivity index (χ1) is 9.29. The fourth-order valence-corrected chi connectivity index (χ4v) is 1.95. The van der Waals surface area contributed by atoms with E-state index in [0.29, 0.717) is 11.5 Å². The molecular weight excluding hydrogens is 238 g/mol. The fourth-order valence-electron chi connectivity index (χ4n) is 1.95. The minimum Gasteiger partial charge on any atom is -0.384 e. The summed E-state index contributed by atoms with van der Waals surface area (Å²) in [6, 6.07) is 7.70. The van der Waals surface area contributed by atoms with Crippen LogP contribution in [0.5, 0.6) is 0 Å². The van der Waals surface area contributed by atoms with Crippen molar-refractivity contribution in [2.24, 2.45) is 5.73 Å². The predicted molar refractivity (Wildman–Crippen MR) is 80.0 cm³/mol. The minimum absolute atomic E-state index is 0.499. The molecule has 5 N–H and O–H groups in total. The van der Waals surface area contributed by atoms with Gasteiger partial charge in [0.1, 0.15) is 11.6 Å². The molecule has 0 aliphatic heterocycles. The summed E-state index contributed by atoms with van der Waals surface area (Å²) < 4.78 is 0. The molecule has 0 aliphatic rings. The lowest BCUT2D eigenvalue weighted by molar-refractivity contribution is 0.661. The van der Waals surface area contributed by atoms with Crippen molar-refractivity contribution in [3.05, 3.63) is 24.3 Å². The third-order valence-corrected chi connectivity index (χ3v) is 3.01. The van der Waals surface area contributed by atoms with Crippen molar-refractivity contribution >= 4 is 22.7 Å². The Morgan fingerprint density at radius 2 is 1.74 bits per heavy atom. The first-order valence-corrected chi connectivity index (χ1v) is 6.77. The molecule has 0 saturated heterocycles. The molecule has 0 bridgehead atoms. The molecule has 0 amide bonds. The Balaban J connectivity index is 1.87. The molecule has 2 rings (SSSR count). The van der Waals surface area contributed by atoms with Crippen molar-refractivity contribution in [3.8, 4) is 0 Å². The highest BCUT2D eigenvalue weighted by molar-refractivity contribution is 5.77. The van der Waals surface area contributed by atoms with Crippen LogP contribution in [0.3, 0.4) is 0 Å². The van der Waals surface area contributed by atoms with Crippen LogP contribution >= 0.6 is 0 Å². The quantitative estimate of drug-likeness (QED) is 0.663. The van der Waals surface area contributed by atoms with E-state index in [0.717, 1.165) is 37.1 Å². The van der Waals surface area contributed by atoms with Crippen LogP contribution in [0.25, 0.3) is 11.0 Å². The first kappa shape index (κ1) is 13.5. The lowest BCUT2D eigenvalue weighted by atomic mass is 10.2. The summed E-state index contributed by atoms with van der Waals surface area (Å²) in [4.78, 5) is 8.67. The Labute approximate surface area is 113 Å². The molecule has 2 aromatic heterocycles. The Bertz CT molecular complexity index is 526. The number of unbranched alkanes of at least 4 members (excludes halogenated alkanes) is 3. The van der Waals surface area contributed by atoms with Crippen molar-refractivity contribution in [1.29, 1.82) is 0 Å². The normalized spacial score (nSPS) is 10.8. The Morgan fingerprint density at radius 3 is 2.58 bits per heavy atom. The summed E-state index contributed by atoms with van der Waals surface area (Å²) in [7, 11) is 0. The molecule has 2 aromatic rings. The van der Waals surface area contributed by atoms with Gasteiger partial charge >= 0.3 is 0 Å². The zero-order chi connectivity index (χ0) is 13.5. The Kier molecular flexibility index (Phi) is 4.92. The van der Waals surface area contributed by atoms with Gasteiger partial charge in [-0.1, -0.05) is 12.8 Å². The summed E-state index contributed by atoms with van der Waals surface area (Å²) in [5.74, 6) is 1.35. The van der Waals surface area contributed by atoms with Gasteiger partial charge in [-0.3, -0.25) is 0 Å². The van der Waals surface area contributed by atoms with Crippen molar-refractivity contribution in [3.63, 3.8) is 0 Å². The molecule has 5 nitrogen and oxygen atoms in total. The number of hydrogen-bond acceptors (Lipinski definition) is 5. The second-order valence-electron chi connectivity index (χ2n) is 4.61. The monoisotopic (exact) mass is 259 g/mol. The van der Waals surface area contributed by atoms with Crippen LogP contribution in [0.1, 0.15) is 25.7 Å². The van der Waals surface area contributed by atoms with Crippen molar-refractivity contribution in [1.82, 2.24) is 9.97 Å². The lowest BCUT2D eigenvalue weighted by Gasteiger charge is -2.06. The highest BCUT2D eigenvalue weighted by atomic mass is 15.0. The van der Waals surface area contributed by atoms with Crippen LogP contribution < -0.4 is 16.8 Å². The molecule has 0 aliphatic carbocycles. The van der Waals surface area contributed by atoms with Crippen LogP contribution in [-0.4, -0.2) is 23.1 Å². The van der Waals surface area contributed by atoms with Crippen LogP contribution in [0.4, 0.5) is 11.6 Å². The Hall–Kier alpha value is -1.88. The van der Waals surface area contributed by atoms with Gasteiger partial charge in [0, 0.05) is 11.9 Å². The number of nitrogens with zero attached hydrogens (tertiary/aromatic N) is 2. The molecule has 0 spiro atoms. The number of hydrogen-bond donors (Lipinski definition) is 3. The van der Waals surface area contributed by atoms with Gasteiger partial charge in [0.2, 0.25) is 0 Å². The second-order valence-corrected chi connectivity index (χ2v) is 4.61. The van der Waals surface area contributed by atoms with E-state index >= 15 is 0 Å².